The predicted molar refractivity (Wildman–Crippen MR) is 116 cm³/mol. The van der Waals surface area contributed by atoms with Gasteiger partial charge in [0.2, 0.25) is 0 Å². The van der Waals surface area contributed by atoms with Crippen molar-refractivity contribution >= 4 is 28.0 Å². The summed E-state index contributed by atoms with van der Waals surface area (Å²) in [6.45, 7) is 2.37. The lowest BCUT2D eigenvalue weighted by Gasteiger charge is -2.31. The summed E-state index contributed by atoms with van der Waals surface area (Å²) in [7, 11) is 1.73. The van der Waals surface area contributed by atoms with Crippen LogP contribution in [0.15, 0.2) is 30.7 Å². The van der Waals surface area contributed by atoms with Crippen LogP contribution in [-0.4, -0.2) is 58.7 Å². The number of likely N-dealkylation sites (tertiary alicyclic amines) is 1. The van der Waals surface area contributed by atoms with Crippen LogP contribution in [0.25, 0.3) is 21.9 Å². The fraction of sp³-hybridized carbons (Fsp3) is 0.522. The molecule has 2 fully saturated rings. The number of pyridine rings is 2. The number of methoxy groups -OCH3 is 1. The van der Waals surface area contributed by atoms with Crippen LogP contribution in [0.1, 0.15) is 43.6 Å². The number of rotatable bonds is 4. The molecule has 1 aliphatic heterocycles. The zero-order valence-corrected chi connectivity index (χ0v) is 17.4. The molecule has 5 rings (SSSR count). The maximum absolute atomic E-state index is 12.7. The highest BCUT2D eigenvalue weighted by Crippen LogP contribution is 2.38. The van der Waals surface area contributed by atoms with Crippen molar-refractivity contribution in [2.75, 3.05) is 26.8 Å². The molecule has 4 heterocycles. The molecule has 3 aromatic rings. The van der Waals surface area contributed by atoms with Crippen LogP contribution in [0.4, 0.5) is 4.79 Å². The van der Waals surface area contributed by atoms with Crippen LogP contribution in [0, 0.1) is 5.92 Å². The van der Waals surface area contributed by atoms with Gasteiger partial charge >= 0.3 is 6.03 Å². The van der Waals surface area contributed by atoms with E-state index in [1.165, 1.54) is 10.9 Å². The summed E-state index contributed by atoms with van der Waals surface area (Å²) in [5, 5.41) is 5.64. The minimum absolute atomic E-state index is 0.0894. The van der Waals surface area contributed by atoms with Crippen molar-refractivity contribution in [2.24, 2.45) is 5.92 Å². The number of aromatic nitrogens is 3. The molecule has 3 aromatic heterocycles. The molecule has 158 valence electrons. The average Bonchev–Trinajstić information content (AvgIpc) is 3.44. The Bertz CT molecular complexity index is 1040. The summed E-state index contributed by atoms with van der Waals surface area (Å²) in [5.41, 5.74) is 3.23. The zero-order valence-electron chi connectivity index (χ0n) is 17.4. The Morgan fingerprint density at radius 3 is 2.93 bits per heavy atom. The summed E-state index contributed by atoms with van der Waals surface area (Å²) in [4.78, 5) is 26.8. The number of nitrogens with one attached hydrogen (secondary N) is 2. The molecule has 2 amide bonds. The van der Waals surface area contributed by atoms with Gasteiger partial charge in [-0.15, -0.1) is 0 Å². The van der Waals surface area contributed by atoms with Gasteiger partial charge in [-0.3, -0.25) is 4.98 Å². The first-order valence-corrected chi connectivity index (χ1v) is 11.0. The third-order valence-corrected chi connectivity index (χ3v) is 6.79. The molecular weight excluding hydrogens is 378 g/mol. The van der Waals surface area contributed by atoms with E-state index in [0.29, 0.717) is 11.8 Å². The predicted octanol–water partition coefficient (Wildman–Crippen LogP) is 3.82. The number of ether oxygens (including phenoxy) is 1. The summed E-state index contributed by atoms with van der Waals surface area (Å²) >= 11 is 0. The Balaban J connectivity index is 1.25. The van der Waals surface area contributed by atoms with Gasteiger partial charge in [0.25, 0.3) is 0 Å². The molecule has 2 aliphatic rings. The third kappa shape index (κ3) is 3.62. The van der Waals surface area contributed by atoms with Crippen molar-refractivity contribution in [1.29, 1.82) is 0 Å². The Morgan fingerprint density at radius 2 is 2.10 bits per heavy atom. The Hall–Kier alpha value is -2.67. The second-order valence-electron chi connectivity index (χ2n) is 8.71. The van der Waals surface area contributed by atoms with E-state index < -0.39 is 0 Å². The van der Waals surface area contributed by atoms with Gasteiger partial charge in [-0.2, -0.15) is 0 Å². The number of fused-ring (bicyclic) bond motifs is 3. The van der Waals surface area contributed by atoms with E-state index in [1.54, 1.807) is 7.11 Å². The first-order valence-electron chi connectivity index (χ1n) is 11.0. The molecule has 2 N–H and O–H groups in total. The van der Waals surface area contributed by atoms with Crippen molar-refractivity contribution in [3.8, 4) is 0 Å². The van der Waals surface area contributed by atoms with Crippen LogP contribution in [-0.2, 0) is 4.74 Å². The van der Waals surface area contributed by atoms with Crippen molar-refractivity contribution in [2.45, 2.75) is 44.1 Å². The van der Waals surface area contributed by atoms with E-state index in [9.17, 15) is 4.79 Å². The van der Waals surface area contributed by atoms with E-state index in [0.717, 1.165) is 68.4 Å². The molecule has 1 unspecified atom stereocenters. The summed E-state index contributed by atoms with van der Waals surface area (Å²) in [6, 6.07) is 4.61. The highest BCUT2D eigenvalue weighted by Gasteiger charge is 2.30. The van der Waals surface area contributed by atoms with Gasteiger partial charge in [0.05, 0.1) is 18.3 Å². The van der Waals surface area contributed by atoms with Gasteiger partial charge in [0.15, 0.2) is 0 Å². The van der Waals surface area contributed by atoms with E-state index >= 15 is 0 Å². The Kier molecular flexibility index (Phi) is 5.29. The SMILES string of the molecule is COCC1CCN(C(=O)NC2CCC(c3ccnc4cnc5[nH]ccc5c34)CC2)C1. The lowest BCUT2D eigenvalue weighted by Crippen LogP contribution is -2.45. The largest absolute Gasteiger partial charge is 0.384 e. The third-order valence-electron chi connectivity index (χ3n) is 6.79. The molecule has 30 heavy (non-hydrogen) atoms. The molecule has 0 aromatic carbocycles. The van der Waals surface area contributed by atoms with E-state index in [4.69, 9.17) is 4.74 Å². The molecule has 0 bridgehead atoms. The lowest BCUT2D eigenvalue weighted by molar-refractivity contribution is 0.152. The summed E-state index contributed by atoms with van der Waals surface area (Å²) in [6.07, 6.45) is 10.9. The molecule has 7 nitrogen and oxygen atoms in total. The van der Waals surface area contributed by atoms with Gasteiger partial charge in [-0.1, -0.05) is 0 Å². The molecule has 7 heteroatoms. The summed E-state index contributed by atoms with van der Waals surface area (Å²) in [5.74, 6) is 0.957. The van der Waals surface area contributed by atoms with Crippen molar-refractivity contribution in [1.82, 2.24) is 25.2 Å². The number of hydrogen-bond acceptors (Lipinski definition) is 4. The van der Waals surface area contributed by atoms with Crippen LogP contribution < -0.4 is 5.32 Å². The Morgan fingerprint density at radius 1 is 1.23 bits per heavy atom. The monoisotopic (exact) mass is 407 g/mol. The van der Waals surface area contributed by atoms with E-state index in [1.807, 2.05) is 23.5 Å². The number of aromatic amines is 1. The van der Waals surface area contributed by atoms with Gasteiger partial charge in [0, 0.05) is 55.3 Å². The minimum Gasteiger partial charge on any atom is -0.384 e. The minimum atomic E-state index is 0.0894. The van der Waals surface area contributed by atoms with E-state index in [2.05, 4.69) is 32.4 Å². The van der Waals surface area contributed by atoms with Crippen molar-refractivity contribution in [3.05, 3.63) is 36.3 Å². The van der Waals surface area contributed by atoms with Crippen molar-refractivity contribution < 1.29 is 9.53 Å². The molecule has 0 spiro atoms. The van der Waals surface area contributed by atoms with Gasteiger partial charge in [-0.25, -0.2) is 9.78 Å². The molecule has 1 saturated heterocycles. The second-order valence-corrected chi connectivity index (χ2v) is 8.71. The first kappa shape index (κ1) is 19.3. The van der Waals surface area contributed by atoms with Crippen LogP contribution in [0.2, 0.25) is 0 Å². The maximum atomic E-state index is 12.7. The van der Waals surface area contributed by atoms with Crippen molar-refractivity contribution in [3.63, 3.8) is 0 Å². The quantitative estimate of drug-likeness (QED) is 0.689. The zero-order chi connectivity index (χ0) is 20.5. The van der Waals surface area contributed by atoms with Crippen LogP contribution in [0.3, 0.4) is 0 Å². The molecular formula is C23H29N5O2. The number of carbonyl (C=O) groups excluding carboxylic acids is 1. The highest BCUT2D eigenvalue weighted by molar-refractivity contribution is 6.05. The van der Waals surface area contributed by atoms with Gasteiger partial charge in [-0.05, 0) is 55.7 Å². The number of H-pyrrole nitrogens is 1. The van der Waals surface area contributed by atoms with E-state index in [-0.39, 0.29) is 12.1 Å². The number of carbonyl (C=O) groups is 1. The standard InChI is InChI=1S/C23H29N5O2/c1-30-14-15-8-11-28(13-15)23(29)27-17-4-2-16(3-5-17)18-6-9-24-20-12-26-22-19(21(18)20)7-10-25-22/h6-7,9-10,12,15-17H,2-5,8,11,13-14H2,1H3,(H,25,26)(H,27,29). The highest BCUT2D eigenvalue weighted by atomic mass is 16.5. The number of nitrogens with zero attached hydrogens (tertiary/aromatic N) is 3. The number of hydrogen-bond donors (Lipinski definition) is 2. The number of amides is 2. The fourth-order valence-corrected chi connectivity index (χ4v) is 5.22. The topological polar surface area (TPSA) is 83.1 Å². The van der Waals surface area contributed by atoms with Crippen LogP contribution >= 0.6 is 0 Å². The number of urea groups is 1. The first-order chi connectivity index (χ1) is 14.7. The molecule has 1 saturated carbocycles. The normalized spacial score (nSPS) is 24.6. The second kappa shape index (κ2) is 8.22. The van der Waals surface area contributed by atoms with Gasteiger partial charge < -0.3 is 19.9 Å². The summed E-state index contributed by atoms with van der Waals surface area (Å²) < 4.78 is 5.24. The molecule has 1 aliphatic carbocycles. The fourth-order valence-electron chi connectivity index (χ4n) is 5.22. The Labute approximate surface area is 176 Å². The molecule has 0 radical (unpaired) electrons. The smallest absolute Gasteiger partial charge is 0.317 e. The van der Waals surface area contributed by atoms with Gasteiger partial charge in [0.1, 0.15) is 5.65 Å². The lowest BCUT2D eigenvalue weighted by atomic mass is 9.80. The average molecular weight is 408 g/mol. The maximum Gasteiger partial charge on any atom is 0.317 e. The van der Waals surface area contributed by atoms with Crippen LogP contribution in [0.5, 0.6) is 0 Å². The molecule has 1 atom stereocenters.